The molecule has 3 rings (SSSR count). The van der Waals surface area contributed by atoms with Crippen LogP contribution in [0.4, 0.5) is 11.6 Å². The van der Waals surface area contributed by atoms with Crippen molar-refractivity contribution < 1.29 is 9.90 Å². The Morgan fingerprint density at radius 1 is 1.19 bits per heavy atom. The zero-order chi connectivity index (χ0) is 14.8. The summed E-state index contributed by atoms with van der Waals surface area (Å²) in [5.41, 5.74) is 0. The number of anilines is 2. The summed E-state index contributed by atoms with van der Waals surface area (Å²) in [6.07, 6.45) is 4.76. The van der Waals surface area contributed by atoms with Crippen LogP contribution in [0.15, 0.2) is 12.4 Å². The van der Waals surface area contributed by atoms with E-state index >= 15 is 0 Å². The van der Waals surface area contributed by atoms with Crippen molar-refractivity contribution in [2.75, 3.05) is 36.0 Å². The van der Waals surface area contributed by atoms with Gasteiger partial charge in [-0.25, -0.2) is 9.97 Å². The number of carboxylic acids is 1. The maximum absolute atomic E-state index is 11.3. The van der Waals surface area contributed by atoms with Crippen LogP contribution in [0.1, 0.15) is 26.2 Å². The Labute approximate surface area is 124 Å². The predicted octanol–water partition coefficient (Wildman–Crippen LogP) is 1.62. The Morgan fingerprint density at radius 3 is 2.52 bits per heavy atom. The van der Waals surface area contributed by atoms with Gasteiger partial charge < -0.3 is 14.9 Å². The Bertz CT molecular complexity index is 516. The van der Waals surface area contributed by atoms with Crippen molar-refractivity contribution in [3.63, 3.8) is 0 Å². The summed E-state index contributed by atoms with van der Waals surface area (Å²) in [6, 6.07) is 2.00. The number of nitrogens with zero attached hydrogens (tertiary/aromatic N) is 4. The molecule has 0 radical (unpaired) electrons. The molecule has 2 aliphatic heterocycles. The molecule has 3 heterocycles. The molecule has 6 heteroatoms. The number of aliphatic carboxylic acids is 1. The van der Waals surface area contributed by atoms with Crippen LogP contribution in [-0.4, -0.2) is 47.2 Å². The molecule has 1 aromatic rings. The molecule has 0 saturated carbocycles. The molecule has 0 bridgehead atoms. The van der Waals surface area contributed by atoms with Gasteiger partial charge in [-0.05, 0) is 25.2 Å². The molecule has 0 amide bonds. The van der Waals surface area contributed by atoms with Gasteiger partial charge in [0.25, 0.3) is 0 Å². The van der Waals surface area contributed by atoms with Crippen LogP contribution in [0, 0.1) is 11.8 Å². The van der Waals surface area contributed by atoms with Gasteiger partial charge in [0.05, 0.1) is 5.92 Å². The standard InChI is InChI=1S/C15H22N4O2/c1-11-6-12(15(20)21)9-19(8-11)14-7-13(16-10-17-14)18-4-2-3-5-18/h7,10-12H,2-6,8-9H2,1H3,(H,20,21). The second-order valence-corrected chi connectivity index (χ2v) is 6.21. The van der Waals surface area contributed by atoms with E-state index in [0.717, 1.165) is 37.7 Å². The highest BCUT2D eigenvalue weighted by atomic mass is 16.4. The van der Waals surface area contributed by atoms with E-state index < -0.39 is 5.97 Å². The molecule has 6 nitrogen and oxygen atoms in total. The first-order valence-corrected chi connectivity index (χ1v) is 7.68. The molecule has 2 fully saturated rings. The van der Waals surface area contributed by atoms with Crippen molar-refractivity contribution in [1.29, 1.82) is 0 Å². The van der Waals surface area contributed by atoms with Crippen molar-refractivity contribution in [3.8, 4) is 0 Å². The van der Waals surface area contributed by atoms with Crippen LogP contribution in [-0.2, 0) is 4.79 Å². The number of carboxylic acid groups (broad SMARTS) is 1. The number of piperidine rings is 1. The molecule has 2 atom stereocenters. The van der Waals surface area contributed by atoms with Crippen LogP contribution in [0.2, 0.25) is 0 Å². The molecule has 2 unspecified atom stereocenters. The van der Waals surface area contributed by atoms with Gasteiger partial charge >= 0.3 is 5.97 Å². The smallest absolute Gasteiger partial charge is 0.308 e. The van der Waals surface area contributed by atoms with Gasteiger partial charge in [-0.2, -0.15) is 0 Å². The number of hydrogen-bond donors (Lipinski definition) is 1. The lowest BCUT2D eigenvalue weighted by Gasteiger charge is -2.35. The summed E-state index contributed by atoms with van der Waals surface area (Å²) in [5, 5.41) is 9.28. The van der Waals surface area contributed by atoms with Crippen LogP contribution in [0.25, 0.3) is 0 Å². The fourth-order valence-electron chi connectivity index (χ4n) is 3.35. The molecule has 0 aromatic carbocycles. The summed E-state index contributed by atoms with van der Waals surface area (Å²) < 4.78 is 0. The van der Waals surface area contributed by atoms with Gasteiger partial charge in [-0.1, -0.05) is 6.92 Å². The topological polar surface area (TPSA) is 69.6 Å². The normalized spacial score (nSPS) is 26.1. The lowest BCUT2D eigenvalue weighted by molar-refractivity contribution is -0.142. The fourth-order valence-corrected chi connectivity index (χ4v) is 3.35. The van der Waals surface area contributed by atoms with E-state index in [0.29, 0.717) is 12.5 Å². The van der Waals surface area contributed by atoms with Gasteiger partial charge in [0.1, 0.15) is 18.0 Å². The average molecular weight is 290 g/mol. The van der Waals surface area contributed by atoms with E-state index in [9.17, 15) is 9.90 Å². The van der Waals surface area contributed by atoms with Crippen LogP contribution < -0.4 is 9.80 Å². The fraction of sp³-hybridized carbons (Fsp3) is 0.667. The average Bonchev–Trinajstić information content (AvgIpc) is 3.01. The van der Waals surface area contributed by atoms with Crippen molar-refractivity contribution in [2.45, 2.75) is 26.2 Å². The minimum Gasteiger partial charge on any atom is -0.481 e. The molecule has 0 spiro atoms. The highest BCUT2D eigenvalue weighted by molar-refractivity contribution is 5.71. The van der Waals surface area contributed by atoms with Gasteiger partial charge in [-0.15, -0.1) is 0 Å². The lowest BCUT2D eigenvalue weighted by atomic mass is 9.90. The first kappa shape index (κ1) is 14.1. The number of rotatable bonds is 3. The van der Waals surface area contributed by atoms with E-state index in [1.807, 2.05) is 6.07 Å². The van der Waals surface area contributed by atoms with E-state index in [2.05, 4.69) is 26.7 Å². The molecule has 114 valence electrons. The molecule has 21 heavy (non-hydrogen) atoms. The SMILES string of the molecule is CC1CC(C(=O)O)CN(c2cc(N3CCCC3)ncn2)C1. The van der Waals surface area contributed by atoms with Gasteiger partial charge in [0, 0.05) is 32.2 Å². The summed E-state index contributed by atoms with van der Waals surface area (Å²) in [4.78, 5) is 24.4. The van der Waals surface area contributed by atoms with Gasteiger partial charge in [-0.3, -0.25) is 4.79 Å². The van der Waals surface area contributed by atoms with Crippen LogP contribution in [0.3, 0.4) is 0 Å². The third-order valence-electron chi connectivity index (χ3n) is 4.40. The van der Waals surface area contributed by atoms with E-state index in [1.165, 1.54) is 12.8 Å². The van der Waals surface area contributed by atoms with Crippen molar-refractivity contribution in [1.82, 2.24) is 9.97 Å². The van der Waals surface area contributed by atoms with Gasteiger partial charge in [0.15, 0.2) is 0 Å². The highest BCUT2D eigenvalue weighted by Crippen LogP contribution is 2.27. The van der Waals surface area contributed by atoms with Crippen molar-refractivity contribution in [3.05, 3.63) is 12.4 Å². The summed E-state index contributed by atoms with van der Waals surface area (Å²) >= 11 is 0. The van der Waals surface area contributed by atoms with Crippen molar-refractivity contribution in [2.24, 2.45) is 11.8 Å². The Kier molecular flexibility index (Phi) is 3.94. The molecule has 1 N–H and O–H groups in total. The lowest BCUT2D eigenvalue weighted by Crippen LogP contribution is -2.43. The minimum atomic E-state index is -0.708. The molecule has 2 aliphatic rings. The minimum absolute atomic E-state index is 0.307. The Balaban J connectivity index is 1.79. The second-order valence-electron chi connectivity index (χ2n) is 6.21. The number of aromatic nitrogens is 2. The molecule has 2 saturated heterocycles. The predicted molar refractivity (Wildman–Crippen MR) is 80.6 cm³/mol. The van der Waals surface area contributed by atoms with E-state index in [-0.39, 0.29) is 5.92 Å². The summed E-state index contributed by atoms with van der Waals surface area (Å²) in [6.45, 7) is 5.59. The quantitative estimate of drug-likeness (QED) is 0.912. The third-order valence-corrected chi connectivity index (χ3v) is 4.40. The number of carbonyl (C=O) groups is 1. The Hall–Kier alpha value is -1.85. The zero-order valence-corrected chi connectivity index (χ0v) is 12.4. The highest BCUT2D eigenvalue weighted by Gasteiger charge is 2.30. The summed E-state index contributed by atoms with van der Waals surface area (Å²) in [5.74, 6) is 1.16. The third kappa shape index (κ3) is 3.09. The second kappa shape index (κ2) is 5.87. The largest absolute Gasteiger partial charge is 0.481 e. The molecule has 1 aromatic heterocycles. The van der Waals surface area contributed by atoms with Crippen molar-refractivity contribution >= 4 is 17.6 Å². The first-order chi connectivity index (χ1) is 10.1. The summed E-state index contributed by atoms with van der Waals surface area (Å²) in [7, 11) is 0. The van der Waals surface area contributed by atoms with Crippen LogP contribution in [0.5, 0.6) is 0 Å². The Morgan fingerprint density at radius 2 is 1.86 bits per heavy atom. The molecular formula is C15H22N4O2. The molecular weight excluding hydrogens is 268 g/mol. The first-order valence-electron chi connectivity index (χ1n) is 7.68. The zero-order valence-electron chi connectivity index (χ0n) is 12.4. The van der Waals surface area contributed by atoms with Crippen LogP contribution >= 0.6 is 0 Å². The maximum atomic E-state index is 11.3. The van der Waals surface area contributed by atoms with E-state index in [1.54, 1.807) is 6.33 Å². The maximum Gasteiger partial charge on any atom is 0.308 e. The van der Waals surface area contributed by atoms with Gasteiger partial charge in [0.2, 0.25) is 0 Å². The van der Waals surface area contributed by atoms with E-state index in [4.69, 9.17) is 0 Å². The number of hydrogen-bond acceptors (Lipinski definition) is 5. The monoisotopic (exact) mass is 290 g/mol. The molecule has 0 aliphatic carbocycles.